The van der Waals surface area contributed by atoms with Crippen LogP contribution in [0.3, 0.4) is 0 Å². The average molecular weight is 257 g/mol. The molecule has 0 atom stereocenters. The van der Waals surface area contributed by atoms with E-state index in [1.807, 2.05) is 11.7 Å². The van der Waals surface area contributed by atoms with E-state index in [1.54, 1.807) is 0 Å². The number of nitrogens with zero attached hydrogens (tertiary/aromatic N) is 2. The van der Waals surface area contributed by atoms with Crippen molar-refractivity contribution in [2.75, 3.05) is 0 Å². The van der Waals surface area contributed by atoms with Crippen LogP contribution in [0.1, 0.15) is 34.9 Å². The summed E-state index contributed by atoms with van der Waals surface area (Å²) >= 11 is 0. The molecule has 3 heteroatoms. The normalized spacial score (nSPS) is 10.9. The minimum absolute atomic E-state index is 0.879. The van der Waals surface area contributed by atoms with Gasteiger partial charge in [0, 0.05) is 31.9 Å². The lowest BCUT2D eigenvalue weighted by molar-refractivity contribution is 0.687. The lowest BCUT2D eigenvalue weighted by Crippen LogP contribution is -2.13. The zero-order chi connectivity index (χ0) is 13.8. The number of aromatic nitrogens is 2. The monoisotopic (exact) mass is 257 g/mol. The van der Waals surface area contributed by atoms with Gasteiger partial charge in [-0.15, -0.1) is 0 Å². The summed E-state index contributed by atoms with van der Waals surface area (Å²) in [6, 6.07) is 6.69. The molecule has 1 heterocycles. The summed E-state index contributed by atoms with van der Waals surface area (Å²) in [5.74, 6) is 0. The van der Waals surface area contributed by atoms with Crippen LogP contribution in [0.25, 0.3) is 0 Å². The second-order valence-corrected chi connectivity index (χ2v) is 5.23. The number of hydrogen-bond acceptors (Lipinski definition) is 2. The fourth-order valence-corrected chi connectivity index (χ4v) is 2.54. The highest BCUT2D eigenvalue weighted by Gasteiger charge is 2.05. The van der Waals surface area contributed by atoms with Gasteiger partial charge in [0.05, 0.1) is 5.69 Å². The van der Waals surface area contributed by atoms with E-state index < -0.39 is 0 Å². The Morgan fingerprint density at radius 2 is 1.79 bits per heavy atom. The summed E-state index contributed by atoms with van der Waals surface area (Å²) in [4.78, 5) is 0. The first-order valence-corrected chi connectivity index (χ1v) is 6.87. The van der Waals surface area contributed by atoms with Gasteiger partial charge in [-0.3, -0.25) is 4.68 Å². The molecular formula is C16H23N3. The van der Waals surface area contributed by atoms with Crippen molar-refractivity contribution in [1.29, 1.82) is 0 Å². The summed E-state index contributed by atoms with van der Waals surface area (Å²) in [5, 5.41) is 7.97. The van der Waals surface area contributed by atoms with Crippen LogP contribution in [0.2, 0.25) is 0 Å². The first-order valence-electron chi connectivity index (χ1n) is 6.87. The van der Waals surface area contributed by atoms with Crippen molar-refractivity contribution >= 4 is 0 Å². The van der Waals surface area contributed by atoms with Gasteiger partial charge >= 0.3 is 0 Å². The molecule has 19 heavy (non-hydrogen) atoms. The zero-order valence-electron chi connectivity index (χ0n) is 12.3. The molecule has 0 fully saturated rings. The first kappa shape index (κ1) is 13.8. The van der Waals surface area contributed by atoms with Crippen molar-refractivity contribution in [3.8, 4) is 0 Å². The van der Waals surface area contributed by atoms with Gasteiger partial charge in [0.2, 0.25) is 0 Å². The number of hydrogen-bond donors (Lipinski definition) is 1. The lowest BCUT2D eigenvalue weighted by Gasteiger charge is -2.07. The number of benzene rings is 1. The minimum Gasteiger partial charge on any atom is -0.308 e. The highest BCUT2D eigenvalue weighted by molar-refractivity contribution is 5.28. The Labute approximate surface area is 115 Å². The molecule has 1 aromatic heterocycles. The second kappa shape index (κ2) is 6.02. The summed E-state index contributed by atoms with van der Waals surface area (Å²) in [5.41, 5.74) is 6.49. The Hall–Kier alpha value is -1.61. The smallest absolute Gasteiger partial charge is 0.0666 e. The fourth-order valence-electron chi connectivity index (χ4n) is 2.54. The standard InChI is InChI=1S/C16H23N3/c1-5-16-15(11-19(4)18-16)10-17-9-14-7-12(2)6-13(3)8-14/h6-8,11,17H,5,9-10H2,1-4H3. The molecule has 0 spiro atoms. The predicted molar refractivity (Wildman–Crippen MR) is 79.0 cm³/mol. The van der Waals surface area contributed by atoms with E-state index >= 15 is 0 Å². The number of aryl methyl sites for hydroxylation is 4. The van der Waals surface area contributed by atoms with E-state index in [2.05, 4.69) is 55.6 Å². The van der Waals surface area contributed by atoms with Gasteiger partial charge < -0.3 is 5.32 Å². The lowest BCUT2D eigenvalue weighted by atomic mass is 10.1. The largest absolute Gasteiger partial charge is 0.308 e. The molecule has 2 aromatic rings. The Kier molecular flexibility index (Phi) is 4.38. The molecule has 0 bridgehead atoms. The third-order valence-electron chi connectivity index (χ3n) is 3.25. The summed E-state index contributed by atoms with van der Waals surface area (Å²) in [6.45, 7) is 8.22. The van der Waals surface area contributed by atoms with Crippen LogP contribution >= 0.6 is 0 Å². The third-order valence-corrected chi connectivity index (χ3v) is 3.25. The fraction of sp³-hybridized carbons (Fsp3) is 0.438. The van der Waals surface area contributed by atoms with Crippen LogP contribution in [0.15, 0.2) is 24.4 Å². The SMILES string of the molecule is CCc1nn(C)cc1CNCc1cc(C)cc(C)c1. The molecule has 0 amide bonds. The van der Waals surface area contributed by atoms with E-state index in [0.29, 0.717) is 0 Å². The molecule has 0 aliphatic carbocycles. The molecule has 0 saturated carbocycles. The summed E-state index contributed by atoms with van der Waals surface area (Å²) < 4.78 is 1.90. The van der Waals surface area contributed by atoms with Crippen molar-refractivity contribution in [3.63, 3.8) is 0 Å². The molecule has 3 nitrogen and oxygen atoms in total. The molecule has 0 saturated heterocycles. The molecule has 0 aliphatic heterocycles. The average Bonchev–Trinajstić information content (AvgIpc) is 2.68. The van der Waals surface area contributed by atoms with E-state index in [4.69, 9.17) is 0 Å². The van der Waals surface area contributed by atoms with Crippen LogP contribution in [0.4, 0.5) is 0 Å². The molecule has 0 unspecified atom stereocenters. The predicted octanol–water partition coefficient (Wildman–Crippen LogP) is 2.89. The van der Waals surface area contributed by atoms with Crippen molar-refractivity contribution in [2.24, 2.45) is 7.05 Å². The molecule has 1 aromatic carbocycles. The third kappa shape index (κ3) is 3.67. The van der Waals surface area contributed by atoms with Crippen LogP contribution < -0.4 is 5.32 Å². The van der Waals surface area contributed by atoms with Crippen molar-refractivity contribution < 1.29 is 0 Å². The Morgan fingerprint density at radius 1 is 1.11 bits per heavy atom. The van der Waals surface area contributed by atoms with Gasteiger partial charge in [-0.25, -0.2) is 0 Å². The van der Waals surface area contributed by atoms with Gasteiger partial charge in [0.25, 0.3) is 0 Å². The van der Waals surface area contributed by atoms with Gasteiger partial charge in [-0.05, 0) is 25.8 Å². The summed E-state index contributed by atoms with van der Waals surface area (Å²) in [7, 11) is 1.98. The first-order chi connectivity index (χ1) is 9.08. The highest BCUT2D eigenvalue weighted by atomic mass is 15.3. The molecule has 102 valence electrons. The van der Waals surface area contributed by atoms with E-state index in [-0.39, 0.29) is 0 Å². The Morgan fingerprint density at radius 3 is 2.42 bits per heavy atom. The van der Waals surface area contributed by atoms with Crippen molar-refractivity contribution in [2.45, 2.75) is 40.3 Å². The Balaban J connectivity index is 1.96. The minimum atomic E-state index is 0.879. The Bertz CT molecular complexity index is 535. The maximum Gasteiger partial charge on any atom is 0.0666 e. The van der Waals surface area contributed by atoms with E-state index in [0.717, 1.165) is 19.5 Å². The van der Waals surface area contributed by atoms with Crippen molar-refractivity contribution in [3.05, 3.63) is 52.3 Å². The second-order valence-electron chi connectivity index (χ2n) is 5.23. The molecule has 1 N–H and O–H groups in total. The van der Waals surface area contributed by atoms with Gasteiger partial charge in [-0.2, -0.15) is 5.10 Å². The number of rotatable bonds is 5. The quantitative estimate of drug-likeness (QED) is 0.892. The van der Waals surface area contributed by atoms with Gasteiger partial charge in [-0.1, -0.05) is 36.2 Å². The molecule has 0 radical (unpaired) electrons. The van der Waals surface area contributed by atoms with Gasteiger partial charge in [0.15, 0.2) is 0 Å². The topological polar surface area (TPSA) is 29.9 Å². The van der Waals surface area contributed by atoms with Crippen molar-refractivity contribution in [1.82, 2.24) is 15.1 Å². The molecule has 0 aliphatic rings. The molecular weight excluding hydrogens is 234 g/mol. The van der Waals surface area contributed by atoms with Crippen LogP contribution in [-0.2, 0) is 26.6 Å². The van der Waals surface area contributed by atoms with Crippen LogP contribution in [0.5, 0.6) is 0 Å². The van der Waals surface area contributed by atoms with Gasteiger partial charge in [0.1, 0.15) is 0 Å². The van der Waals surface area contributed by atoms with Crippen LogP contribution in [-0.4, -0.2) is 9.78 Å². The van der Waals surface area contributed by atoms with Crippen LogP contribution in [0, 0.1) is 13.8 Å². The zero-order valence-corrected chi connectivity index (χ0v) is 12.3. The summed E-state index contributed by atoms with van der Waals surface area (Å²) in [6.07, 6.45) is 3.09. The highest BCUT2D eigenvalue weighted by Crippen LogP contribution is 2.10. The number of nitrogens with one attached hydrogen (secondary N) is 1. The van der Waals surface area contributed by atoms with E-state index in [9.17, 15) is 0 Å². The van der Waals surface area contributed by atoms with E-state index in [1.165, 1.54) is 27.9 Å². The molecule has 2 rings (SSSR count). The maximum atomic E-state index is 4.46. The maximum absolute atomic E-state index is 4.46.